The van der Waals surface area contributed by atoms with Crippen LogP contribution in [0.5, 0.6) is 0 Å². The first-order chi connectivity index (χ1) is 7.82. The van der Waals surface area contributed by atoms with Gasteiger partial charge in [-0.3, -0.25) is 9.59 Å². The highest BCUT2D eigenvalue weighted by atomic mass is 16.5. The molecule has 0 aromatic heterocycles. The van der Waals surface area contributed by atoms with E-state index in [0.29, 0.717) is 0 Å². The third-order valence-electron chi connectivity index (χ3n) is 2.71. The van der Waals surface area contributed by atoms with Crippen LogP contribution < -0.4 is 10.6 Å². The van der Waals surface area contributed by atoms with E-state index in [1.165, 1.54) is 0 Å². The summed E-state index contributed by atoms with van der Waals surface area (Å²) in [4.78, 5) is 23.6. The molecule has 2 N–H and O–H groups in total. The zero-order valence-corrected chi connectivity index (χ0v) is 11.1. The summed E-state index contributed by atoms with van der Waals surface area (Å²) in [6.07, 6.45) is -0.771. The van der Waals surface area contributed by atoms with E-state index < -0.39 is 12.1 Å². The Balaban J connectivity index is 2.67. The van der Waals surface area contributed by atoms with E-state index in [-0.39, 0.29) is 29.9 Å². The fraction of sp³-hybridized carbons (Fsp3) is 0.833. The Labute approximate surface area is 102 Å². The van der Waals surface area contributed by atoms with Gasteiger partial charge in [0.1, 0.15) is 12.1 Å². The molecular weight excluding hydrogens is 220 g/mol. The maximum absolute atomic E-state index is 11.8. The molecule has 0 aliphatic carbocycles. The molecule has 98 valence electrons. The fourth-order valence-electron chi connectivity index (χ4n) is 1.84. The van der Waals surface area contributed by atoms with Gasteiger partial charge in [0, 0.05) is 6.04 Å². The van der Waals surface area contributed by atoms with Crippen LogP contribution >= 0.6 is 0 Å². The Morgan fingerprint density at radius 2 is 1.94 bits per heavy atom. The molecule has 1 aliphatic heterocycles. The van der Waals surface area contributed by atoms with E-state index in [2.05, 4.69) is 10.6 Å². The van der Waals surface area contributed by atoms with E-state index in [1.54, 1.807) is 6.92 Å². The summed E-state index contributed by atoms with van der Waals surface area (Å²) in [7, 11) is 0. The normalized spacial score (nSPS) is 29.4. The van der Waals surface area contributed by atoms with Crippen LogP contribution in [0, 0.1) is 5.92 Å². The maximum Gasteiger partial charge on any atom is 0.250 e. The number of hydrogen-bond acceptors (Lipinski definition) is 3. The van der Waals surface area contributed by atoms with Crippen molar-refractivity contribution in [3.8, 4) is 0 Å². The predicted molar refractivity (Wildman–Crippen MR) is 64.4 cm³/mol. The number of amides is 2. The monoisotopic (exact) mass is 242 g/mol. The van der Waals surface area contributed by atoms with Gasteiger partial charge in [-0.25, -0.2) is 0 Å². The second kappa shape index (κ2) is 5.49. The van der Waals surface area contributed by atoms with Crippen molar-refractivity contribution in [3.63, 3.8) is 0 Å². The van der Waals surface area contributed by atoms with Gasteiger partial charge in [0.25, 0.3) is 0 Å². The molecule has 5 nitrogen and oxygen atoms in total. The van der Waals surface area contributed by atoms with Crippen LogP contribution in [0.25, 0.3) is 0 Å². The third-order valence-corrected chi connectivity index (χ3v) is 2.71. The maximum atomic E-state index is 11.8. The molecule has 5 heteroatoms. The second-order valence-electron chi connectivity index (χ2n) is 5.16. The molecule has 1 aliphatic rings. The van der Waals surface area contributed by atoms with Gasteiger partial charge in [0.15, 0.2) is 0 Å². The fourth-order valence-corrected chi connectivity index (χ4v) is 1.84. The highest BCUT2D eigenvalue weighted by Gasteiger charge is 2.39. The van der Waals surface area contributed by atoms with E-state index in [9.17, 15) is 9.59 Å². The SMILES string of the molecule is CC(C)NC(=O)[C@H]1NC(=O)[C@H](C(C)C)OC1C. The number of morpholine rings is 1. The van der Waals surface area contributed by atoms with Crippen LogP contribution in [0.3, 0.4) is 0 Å². The number of ether oxygens (including phenoxy) is 1. The van der Waals surface area contributed by atoms with Crippen molar-refractivity contribution in [2.45, 2.75) is 58.9 Å². The van der Waals surface area contributed by atoms with Crippen molar-refractivity contribution in [1.82, 2.24) is 10.6 Å². The van der Waals surface area contributed by atoms with Crippen molar-refractivity contribution in [1.29, 1.82) is 0 Å². The zero-order chi connectivity index (χ0) is 13.2. The van der Waals surface area contributed by atoms with Gasteiger partial charge in [-0.1, -0.05) is 13.8 Å². The average Bonchev–Trinajstić information content (AvgIpc) is 2.19. The van der Waals surface area contributed by atoms with Gasteiger partial charge in [-0.2, -0.15) is 0 Å². The quantitative estimate of drug-likeness (QED) is 0.754. The molecule has 1 rings (SSSR count). The van der Waals surface area contributed by atoms with Crippen LogP contribution in [0.1, 0.15) is 34.6 Å². The van der Waals surface area contributed by atoms with Gasteiger partial charge >= 0.3 is 0 Å². The molecular formula is C12H22N2O3. The minimum absolute atomic E-state index is 0.0504. The van der Waals surface area contributed by atoms with Crippen molar-refractivity contribution in [2.75, 3.05) is 0 Å². The third kappa shape index (κ3) is 3.43. The topological polar surface area (TPSA) is 67.4 Å². The number of rotatable bonds is 3. The standard InChI is InChI=1S/C12H22N2O3/c1-6(2)10-12(16)14-9(8(5)17-10)11(15)13-7(3)4/h6-10H,1-5H3,(H,13,15)(H,14,16)/t8?,9-,10-/m0/s1. The van der Waals surface area contributed by atoms with Gasteiger partial charge in [0.05, 0.1) is 6.10 Å². The van der Waals surface area contributed by atoms with E-state index >= 15 is 0 Å². The summed E-state index contributed by atoms with van der Waals surface area (Å²) in [5.41, 5.74) is 0. The van der Waals surface area contributed by atoms with Gasteiger partial charge < -0.3 is 15.4 Å². The summed E-state index contributed by atoms with van der Waals surface area (Å²) < 4.78 is 5.60. The van der Waals surface area contributed by atoms with E-state index in [0.717, 1.165) is 0 Å². The molecule has 1 fully saturated rings. The lowest BCUT2D eigenvalue weighted by atomic mass is 10.0. The second-order valence-corrected chi connectivity index (χ2v) is 5.16. The Kier molecular flexibility index (Phi) is 4.51. The molecule has 3 atom stereocenters. The molecule has 1 saturated heterocycles. The van der Waals surface area contributed by atoms with Crippen LogP contribution in [0.15, 0.2) is 0 Å². The number of hydrogen-bond donors (Lipinski definition) is 2. The Hall–Kier alpha value is -1.10. The lowest BCUT2D eigenvalue weighted by Gasteiger charge is -2.36. The molecule has 0 saturated carbocycles. The summed E-state index contributed by atoms with van der Waals surface area (Å²) >= 11 is 0. The molecule has 0 aromatic rings. The van der Waals surface area contributed by atoms with E-state index in [4.69, 9.17) is 4.74 Å². The number of nitrogens with one attached hydrogen (secondary N) is 2. The van der Waals surface area contributed by atoms with Gasteiger partial charge in [-0.05, 0) is 26.7 Å². The highest BCUT2D eigenvalue weighted by molar-refractivity contribution is 5.91. The first-order valence-corrected chi connectivity index (χ1v) is 6.09. The summed E-state index contributed by atoms with van der Waals surface area (Å²) in [5.74, 6) is -0.295. The number of carbonyl (C=O) groups is 2. The summed E-state index contributed by atoms with van der Waals surface area (Å²) in [6, 6.07) is -0.547. The molecule has 0 bridgehead atoms. The lowest BCUT2D eigenvalue weighted by molar-refractivity contribution is -0.158. The number of carbonyl (C=O) groups excluding carboxylic acids is 2. The first-order valence-electron chi connectivity index (χ1n) is 6.09. The molecule has 1 heterocycles. The van der Waals surface area contributed by atoms with Gasteiger partial charge in [0.2, 0.25) is 11.8 Å². The van der Waals surface area contributed by atoms with Crippen molar-refractivity contribution >= 4 is 11.8 Å². The summed E-state index contributed by atoms with van der Waals surface area (Å²) in [6.45, 7) is 9.41. The average molecular weight is 242 g/mol. The van der Waals surface area contributed by atoms with Crippen molar-refractivity contribution < 1.29 is 14.3 Å². The zero-order valence-electron chi connectivity index (χ0n) is 11.1. The lowest BCUT2D eigenvalue weighted by Crippen LogP contribution is -2.62. The van der Waals surface area contributed by atoms with E-state index in [1.807, 2.05) is 27.7 Å². The molecule has 0 spiro atoms. The van der Waals surface area contributed by atoms with Crippen LogP contribution in [0.2, 0.25) is 0 Å². The summed E-state index contributed by atoms with van der Waals surface area (Å²) in [5, 5.41) is 5.50. The first kappa shape index (κ1) is 14.0. The van der Waals surface area contributed by atoms with Crippen molar-refractivity contribution in [3.05, 3.63) is 0 Å². The van der Waals surface area contributed by atoms with Gasteiger partial charge in [-0.15, -0.1) is 0 Å². The molecule has 0 aromatic carbocycles. The minimum atomic E-state index is -0.597. The van der Waals surface area contributed by atoms with Crippen molar-refractivity contribution in [2.24, 2.45) is 5.92 Å². The van der Waals surface area contributed by atoms with Crippen LogP contribution in [0.4, 0.5) is 0 Å². The van der Waals surface area contributed by atoms with Crippen LogP contribution in [-0.4, -0.2) is 36.1 Å². The molecule has 0 radical (unpaired) electrons. The molecule has 1 unspecified atom stereocenters. The Morgan fingerprint density at radius 3 is 2.41 bits per heavy atom. The Bertz CT molecular complexity index is 302. The molecule has 2 amide bonds. The minimum Gasteiger partial charge on any atom is -0.362 e. The smallest absolute Gasteiger partial charge is 0.250 e. The largest absolute Gasteiger partial charge is 0.362 e. The predicted octanol–water partition coefficient (Wildman–Crippen LogP) is 0.439. The molecule has 17 heavy (non-hydrogen) atoms. The Morgan fingerprint density at radius 1 is 1.35 bits per heavy atom. The van der Waals surface area contributed by atoms with Crippen LogP contribution in [-0.2, 0) is 14.3 Å². The highest BCUT2D eigenvalue weighted by Crippen LogP contribution is 2.17.